The van der Waals surface area contributed by atoms with E-state index in [4.69, 9.17) is 0 Å². The van der Waals surface area contributed by atoms with Gasteiger partial charge in [-0.25, -0.2) is 4.98 Å². The van der Waals surface area contributed by atoms with Gasteiger partial charge in [0.15, 0.2) is 0 Å². The minimum Gasteiger partial charge on any atom is -0.339 e. The third-order valence-electron chi connectivity index (χ3n) is 2.68. The molecular formula is C12H9BrN2. The SMILES string of the molecule is Cc1ccc(Br)c2c1[nH]c1ncccc12. The minimum absolute atomic E-state index is 0.947. The van der Waals surface area contributed by atoms with Crippen molar-refractivity contribution in [1.29, 1.82) is 0 Å². The summed E-state index contributed by atoms with van der Waals surface area (Å²) in [6, 6.07) is 8.23. The Bertz CT molecular complexity index is 655. The summed E-state index contributed by atoms with van der Waals surface area (Å²) in [6.07, 6.45) is 1.81. The highest BCUT2D eigenvalue weighted by Crippen LogP contribution is 2.32. The first-order valence-electron chi connectivity index (χ1n) is 4.79. The van der Waals surface area contributed by atoms with E-state index in [1.807, 2.05) is 6.07 Å². The van der Waals surface area contributed by atoms with E-state index in [9.17, 15) is 0 Å². The van der Waals surface area contributed by atoms with E-state index in [1.54, 1.807) is 6.20 Å². The third-order valence-corrected chi connectivity index (χ3v) is 3.34. The van der Waals surface area contributed by atoms with Crippen LogP contribution in [0.5, 0.6) is 0 Å². The topological polar surface area (TPSA) is 28.7 Å². The number of rotatable bonds is 0. The maximum absolute atomic E-state index is 4.32. The lowest BCUT2D eigenvalue weighted by atomic mass is 10.1. The second-order valence-corrected chi connectivity index (χ2v) is 4.49. The molecule has 2 aromatic heterocycles. The maximum Gasteiger partial charge on any atom is 0.138 e. The molecule has 3 rings (SSSR count). The maximum atomic E-state index is 4.32. The van der Waals surface area contributed by atoms with E-state index < -0.39 is 0 Å². The van der Waals surface area contributed by atoms with Crippen molar-refractivity contribution in [2.75, 3.05) is 0 Å². The van der Waals surface area contributed by atoms with Gasteiger partial charge >= 0.3 is 0 Å². The van der Waals surface area contributed by atoms with Crippen LogP contribution >= 0.6 is 15.9 Å². The van der Waals surface area contributed by atoms with Crippen LogP contribution in [-0.2, 0) is 0 Å². The van der Waals surface area contributed by atoms with E-state index in [0.717, 1.165) is 15.6 Å². The molecule has 0 atom stereocenters. The zero-order valence-corrected chi connectivity index (χ0v) is 9.80. The molecule has 0 saturated carbocycles. The summed E-state index contributed by atoms with van der Waals surface area (Å²) in [4.78, 5) is 7.67. The highest BCUT2D eigenvalue weighted by Gasteiger charge is 2.09. The molecule has 74 valence electrons. The van der Waals surface area contributed by atoms with Crippen LogP contribution in [0.25, 0.3) is 21.9 Å². The number of aromatic amines is 1. The fourth-order valence-electron chi connectivity index (χ4n) is 1.93. The molecule has 0 spiro atoms. The van der Waals surface area contributed by atoms with Crippen molar-refractivity contribution >= 4 is 37.9 Å². The Kier molecular flexibility index (Phi) is 1.83. The zero-order valence-electron chi connectivity index (χ0n) is 8.21. The molecule has 3 heteroatoms. The van der Waals surface area contributed by atoms with Gasteiger partial charge in [0.1, 0.15) is 5.65 Å². The van der Waals surface area contributed by atoms with Crippen molar-refractivity contribution in [1.82, 2.24) is 9.97 Å². The van der Waals surface area contributed by atoms with Gasteiger partial charge in [0.05, 0.1) is 5.52 Å². The quantitative estimate of drug-likeness (QED) is 0.655. The van der Waals surface area contributed by atoms with Gasteiger partial charge in [-0.15, -0.1) is 0 Å². The fourth-order valence-corrected chi connectivity index (χ4v) is 2.47. The van der Waals surface area contributed by atoms with Crippen molar-refractivity contribution in [2.45, 2.75) is 6.92 Å². The number of pyridine rings is 1. The van der Waals surface area contributed by atoms with Crippen LogP contribution in [0.3, 0.4) is 0 Å². The first-order chi connectivity index (χ1) is 7.27. The van der Waals surface area contributed by atoms with Gasteiger partial charge in [-0.3, -0.25) is 0 Å². The van der Waals surface area contributed by atoms with Gasteiger partial charge in [0.25, 0.3) is 0 Å². The predicted molar refractivity (Wildman–Crippen MR) is 66.0 cm³/mol. The lowest BCUT2D eigenvalue weighted by Crippen LogP contribution is -1.76. The Hall–Kier alpha value is -1.35. The highest BCUT2D eigenvalue weighted by molar-refractivity contribution is 9.10. The van der Waals surface area contributed by atoms with Crippen LogP contribution in [0.15, 0.2) is 34.9 Å². The molecule has 0 aliphatic heterocycles. The number of hydrogen-bond acceptors (Lipinski definition) is 1. The Balaban J connectivity index is 2.66. The van der Waals surface area contributed by atoms with Gasteiger partial charge in [-0.1, -0.05) is 22.0 Å². The smallest absolute Gasteiger partial charge is 0.138 e. The summed E-state index contributed by atoms with van der Waals surface area (Å²) in [5.74, 6) is 0. The average molecular weight is 261 g/mol. The van der Waals surface area contributed by atoms with Gasteiger partial charge in [-0.2, -0.15) is 0 Å². The predicted octanol–water partition coefficient (Wildman–Crippen LogP) is 3.79. The van der Waals surface area contributed by atoms with Crippen molar-refractivity contribution in [3.05, 3.63) is 40.5 Å². The molecule has 0 unspecified atom stereocenters. The van der Waals surface area contributed by atoms with Crippen LogP contribution in [-0.4, -0.2) is 9.97 Å². The van der Waals surface area contributed by atoms with Crippen LogP contribution in [0.1, 0.15) is 5.56 Å². The first-order valence-corrected chi connectivity index (χ1v) is 5.58. The summed E-state index contributed by atoms with van der Waals surface area (Å²) in [7, 11) is 0. The number of benzene rings is 1. The number of H-pyrrole nitrogens is 1. The molecule has 0 amide bonds. The number of hydrogen-bond donors (Lipinski definition) is 1. The van der Waals surface area contributed by atoms with Crippen molar-refractivity contribution < 1.29 is 0 Å². The molecule has 0 radical (unpaired) electrons. The molecule has 15 heavy (non-hydrogen) atoms. The second kappa shape index (κ2) is 3.07. The summed E-state index contributed by atoms with van der Waals surface area (Å²) in [6.45, 7) is 2.10. The molecule has 0 saturated heterocycles. The van der Waals surface area contributed by atoms with E-state index in [2.05, 4.69) is 51.0 Å². The summed E-state index contributed by atoms with van der Waals surface area (Å²) < 4.78 is 1.11. The normalized spacial score (nSPS) is 11.3. The molecule has 0 aliphatic carbocycles. The van der Waals surface area contributed by atoms with Crippen molar-refractivity contribution in [3.63, 3.8) is 0 Å². The highest BCUT2D eigenvalue weighted by atomic mass is 79.9. The van der Waals surface area contributed by atoms with Gasteiger partial charge in [-0.05, 0) is 30.7 Å². The molecule has 0 aliphatic rings. The van der Waals surface area contributed by atoms with Gasteiger partial charge < -0.3 is 4.98 Å². The van der Waals surface area contributed by atoms with Gasteiger partial charge in [0.2, 0.25) is 0 Å². The first kappa shape index (κ1) is 8.92. The molecule has 0 bridgehead atoms. The minimum atomic E-state index is 0.947. The molecule has 1 N–H and O–H groups in total. The van der Waals surface area contributed by atoms with Crippen molar-refractivity contribution in [2.24, 2.45) is 0 Å². The molecule has 0 fully saturated rings. The zero-order chi connectivity index (χ0) is 10.4. The van der Waals surface area contributed by atoms with E-state index in [-0.39, 0.29) is 0 Å². The molecule has 2 heterocycles. The fraction of sp³-hybridized carbons (Fsp3) is 0.0833. The average Bonchev–Trinajstić information content (AvgIpc) is 2.64. The molecule has 1 aromatic carbocycles. The summed E-state index contributed by atoms with van der Waals surface area (Å²) >= 11 is 3.58. The van der Waals surface area contributed by atoms with Crippen LogP contribution in [0.4, 0.5) is 0 Å². The Morgan fingerprint density at radius 3 is 3.00 bits per heavy atom. The van der Waals surface area contributed by atoms with Crippen LogP contribution in [0, 0.1) is 6.92 Å². The van der Waals surface area contributed by atoms with Crippen LogP contribution in [0.2, 0.25) is 0 Å². The Morgan fingerprint density at radius 2 is 2.13 bits per heavy atom. The number of aromatic nitrogens is 2. The number of nitrogens with one attached hydrogen (secondary N) is 1. The van der Waals surface area contributed by atoms with E-state index in [0.29, 0.717) is 0 Å². The summed E-state index contributed by atoms with van der Waals surface area (Å²) in [5.41, 5.74) is 3.35. The Labute approximate surface area is 95.5 Å². The summed E-state index contributed by atoms with van der Waals surface area (Å²) in [5, 5.41) is 2.39. The van der Waals surface area contributed by atoms with E-state index >= 15 is 0 Å². The standard InChI is InChI=1S/C12H9BrN2/c1-7-4-5-9(13)10-8-3-2-6-14-12(8)15-11(7)10/h2-6H,1H3,(H,14,15). The molecule has 2 nitrogen and oxygen atoms in total. The largest absolute Gasteiger partial charge is 0.339 e. The molecule has 3 aromatic rings. The lowest BCUT2D eigenvalue weighted by molar-refractivity contribution is 1.34. The Morgan fingerprint density at radius 1 is 1.27 bits per heavy atom. The molecular weight excluding hydrogens is 252 g/mol. The van der Waals surface area contributed by atoms with Crippen LogP contribution < -0.4 is 0 Å². The number of fused-ring (bicyclic) bond motifs is 3. The lowest BCUT2D eigenvalue weighted by Gasteiger charge is -1.98. The number of nitrogens with zero attached hydrogens (tertiary/aromatic N) is 1. The third kappa shape index (κ3) is 1.20. The van der Waals surface area contributed by atoms with E-state index in [1.165, 1.54) is 16.3 Å². The van der Waals surface area contributed by atoms with Crippen molar-refractivity contribution in [3.8, 4) is 0 Å². The second-order valence-electron chi connectivity index (χ2n) is 3.64. The number of aryl methyl sites for hydroxylation is 1. The number of halogens is 1. The monoisotopic (exact) mass is 260 g/mol. The van der Waals surface area contributed by atoms with Gasteiger partial charge in [0, 0.05) is 21.4 Å².